The van der Waals surface area contributed by atoms with Crippen molar-refractivity contribution in [3.8, 4) is 0 Å². The summed E-state index contributed by atoms with van der Waals surface area (Å²) in [6.07, 6.45) is 1.36. The van der Waals surface area contributed by atoms with Crippen LogP contribution in [0.3, 0.4) is 0 Å². The minimum Gasteiger partial charge on any atom is -0.465 e. The van der Waals surface area contributed by atoms with Crippen LogP contribution in [0, 0.1) is 0 Å². The Morgan fingerprint density at radius 1 is 1.00 bits per heavy atom. The number of hydrogen-bond donors (Lipinski definition) is 1. The third-order valence-electron chi connectivity index (χ3n) is 4.52. The van der Waals surface area contributed by atoms with Gasteiger partial charge in [-0.05, 0) is 60.2 Å². The number of esters is 1. The predicted molar refractivity (Wildman–Crippen MR) is 131 cm³/mol. The summed E-state index contributed by atoms with van der Waals surface area (Å²) in [5.74, 6) is -1.15. The van der Waals surface area contributed by atoms with E-state index in [-0.39, 0.29) is 10.6 Å². The molecule has 0 aliphatic rings. The molecular formula is C23H19Cl2N3O5S. The van der Waals surface area contributed by atoms with Crippen molar-refractivity contribution in [1.29, 1.82) is 0 Å². The number of benzene rings is 3. The van der Waals surface area contributed by atoms with Gasteiger partial charge in [-0.25, -0.2) is 18.6 Å². The average Bonchev–Trinajstić information content (AvgIpc) is 2.82. The Bertz CT molecular complexity index is 1310. The molecule has 176 valence electrons. The highest BCUT2D eigenvalue weighted by Crippen LogP contribution is 2.26. The zero-order valence-corrected chi connectivity index (χ0v) is 20.1. The molecule has 0 aliphatic heterocycles. The van der Waals surface area contributed by atoms with Gasteiger partial charge in [0.1, 0.15) is 6.54 Å². The van der Waals surface area contributed by atoms with Crippen LogP contribution < -0.4 is 9.73 Å². The molecule has 34 heavy (non-hydrogen) atoms. The minimum atomic E-state index is -4.12. The van der Waals surface area contributed by atoms with Crippen molar-refractivity contribution in [2.24, 2.45) is 5.10 Å². The van der Waals surface area contributed by atoms with Crippen LogP contribution >= 0.6 is 23.2 Å². The van der Waals surface area contributed by atoms with Gasteiger partial charge in [-0.1, -0.05) is 41.4 Å². The highest BCUT2D eigenvalue weighted by molar-refractivity contribution is 7.92. The van der Waals surface area contributed by atoms with E-state index in [1.807, 2.05) is 0 Å². The third-order valence-corrected chi connectivity index (χ3v) is 6.79. The van der Waals surface area contributed by atoms with E-state index in [0.29, 0.717) is 21.2 Å². The van der Waals surface area contributed by atoms with E-state index in [2.05, 4.69) is 15.3 Å². The monoisotopic (exact) mass is 519 g/mol. The molecule has 1 N–H and O–H groups in total. The van der Waals surface area contributed by atoms with Gasteiger partial charge in [-0.3, -0.25) is 9.10 Å². The van der Waals surface area contributed by atoms with E-state index >= 15 is 0 Å². The summed E-state index contributed by atoms with van der Waals surface area (Å²) < 4.78 is 32.1. The van der Waals surface area contributed by atoms with Gasteiger partial charge in [0.15, 0.2) is 0 Å². The van der Waals surface area contributed by atoms with Crippen LogP contribution in [0.15, 0.2) is 82.8 Å². The molecule has 0 aromatic heterocycles. The maximum atomic E-state index is 13.3. The molecule has 0 radical (unpaired) electrons. The average molecular weight is 520 g/mol. The number of hydrazone groups is 1. The molecule has 0 heterocycles. The highest BCUT2D eigenvalue weighted by atomic mass is 35.5. The zero-order valence-electron chi connectivity index (χ0n) is 17.8. The van der Waals surface area contributed by atoms with Crippen LogP contribution in [0.5, 0.6) is 0 Å². The maximum Gasteiger partial charge on any atom is 0.337 e. The van der Waals surface area contributed by atoms with E-state index in [4.69, 9.17) is 23.2 Å². The fourth-order valence-electron chi connectivity index (χ4n) is 2.85. The zero-order chi connectivity index (χ0) is 24.7. The normalized spacial score (nSPS) is 11.3. The molecule has 0 spiro atoms. The smallest absolute Gasteiger partial charge is 0.337 e. The van der Waals surface area contributed by atoms with Gasteiger partial charge in [-0.2, -0.15) is 5.10 Å². The minimum absolute atomic E-state index is 0.0427. The number of amides is 1. The number of halogens is 2. The molecule has 0 atom stereocenters. The SMILES string of the molecule is COC(=O)c1ccc(/C=N\NC(=O)CN(c2cccc(Cl)c2)S(=O)(=O)c2ccc(Cl)cc2)cc1. The molecule has 0 unspecified atom stereocenters. The van der Waals surface area contributed by atoms with Gasteiger partial charge in [0.25, 0.3) is 15.9 Å². The van der Waals surface area contributed by atoms with Crippen molar-refractivity contribution in [2.75, 3.05) is 18.0 Å². The Morgan fingerprint density at radius 3 is 2.29 bits per heavy atom. The number of methoxy groups -OCH3 is 1. The molecule has 0 bridgehead atoms. The van der Waals surface area contributed by atoms with Crippen LogP contribution in [-0.4, -0.2) is 40.2 Å². The van der Waals surface area contributed by atoms with Crippen molar-refractivity contribution in [1.82, 2.24) is 5.43 Å². The van der Waals surface area contributed by atoms with Gasteiger partial charge in [0.2, 0.25) is 0 Å². The molecule has 0 fully saturated rings. The van der Waals surface area contributed by atoms with Crippen molar-refractivity contribution in [3.63, 3.8) is 0 Å². The predicted octanol–water partition coefficient (Wildman–Crippen LogP) is 4.13. The second-order valence-corrected chi connectivity index (χ2v) is 9.59. The first kappa shape index (κ1) is 25.2. The summed E-state index contributed by atoms with van der Waals surface area (Å²) >= 11 is 11.9. The van der Waals surface area contributed by atoms with Crippen LogP contribution in [0.1, 0.15) is 15.9 Å². The second kappa shape index (κ2) is 11.1. The fraction of sp³-hybridized carbons (Fsp3) is 0.0870. The molecule has 3 aromatic carbocycles. The molecule has 3 aromatic rings. The third kappa shape index (κ3) is 6.34. The molecule has 0 saturated carbocycles. The first-order chi connectivity index (χ1) is 16.2. The molecular weight excluding hydrogens is 501 g/mol. The van der Waals surface area contributed by atoms with Crippen LogP contribution in [0.4, 0.5) is 5.69 Å². The maximum absolute atomic E-state index is 13.3. The molecule has 1 amide bonds. The first-order valence-electron chi connectivity index (χ1n) is 9.75. The van der Waals surface area contributed by atoms with Crippen molar-refractivity contribution in [3.05, 3.63) is 94.0 Å². The van der Waals surface area contributed by atoms with Crippen LogP contribution in [0.2, 0.25) is 10.0 Å². The van der Waals surface area contributed by atoms with Gasteiger partial charge in [0, 0.05) is 10.0 Å². The number of nitrogens with one attached hydrogen (secondary N) is 1. The Balaban J connectivity index is 1.78. The Morgan fingerprint density at radius 2 is 1.68 bits per heavy atom. The lowest BCUT2D eigenvalue weighted by atomic mass is 10.1. The number of nitrogens with zero attached hydrogens (tertiary/aromatic N) is 2. The summed E-state index contributed by atoms with van der Waals surface area (Å²) in [5, 5.41) is 4.54. The fourth-order valence-corrected chi connectivity index (χ4v) is 4.57. The molecule has 11 heteroatoms. The van der Waals surface area contributed by atoms with E-state index in [1.54, 1.807) is 36.4 Å². The largest absolute Gasteiger partial charge is 0.465 e. The lowest BCUT2D eigenvalue weighted by Crippen LogP contribution is -2.39. The summed E-state index contributed by atoms with van der Waals surface area (Å²) in [6, 6.07) is 18.1. The first-order valence-corrected chi connectivity index (χ1v) is 11.9. The molecule has 0 saturated heterocycles. The van der Waals surface area contributed by atoms with Crippen LogP contribution in [0.25, 0.3) is 0 Å². The van der Waals surface area contributed by atoms with Gasteiger partial charge in [0.05, 0.1) is 29.5 Å². The Hall–Kier alpha value is -3.40. The lowest BCUT2D eigenvalue weighted by Gasteiger charge is -2.23. The summed E-state index contributed by atoms with van der Waals surface area (Å²) in [7, 11) is -2.83. The van der Waals surface area contributed by atoms with E-state index < -0.39 is 28.4 Å². The molecule has 3 rings (SSSR count). The van der Waals surface area contributed by atoms with Gasteiger partial charge < -0.3 is 4.74 Å². The Labute approximate surface area is 206 Å². The Kier molecular flexibility index (Phi) is 8.27. The standard InChI is InChI=1S/C23H19Cl2N3O5S/c1-33-23(30)17-7-5-16(6-8-17)14-26-27-22(29)15-28(20-4-2-3-19(25)13-20)34(31,32)21-11-9-18(24)10-12-21/h2-14H,15H2,1H3,(H,27,29)/b26-14-. The van der Waals surface area contributed by atoms with E-state index in [1.165, 1.54) is 49.7 Å². The van der Waals surface area contributed by atoms with E-state index in [0.717, 1.165) is 4.31 Å². The topological polar surface area (TPSA) is 105 Å². The number of rotatable bonds is 8. The summed E-state index contributed by atoms with van der Waals surface area (Å²) in [4.78, 5) is 24.0. The highest BCUT2D eigenvalue weighted by Gasteiger charge is 2.27. The number of sulfonamides is 1. The summed E-state index contributed by atoms with van der Waals surface area (Å²) in [6.45, 7) is -0.552. The van der Waals surface area contributed by atoms with Crippen molar-refractivity contribution >= 4 is 57.0 Å². The molecule has 8 nitrogen and oxygen atoms in total. The van der Waals surface area contributed by atoms with E-state index in [9.17, 15) is 18.0 Å². The van der Waals surface area contributed by atoms with Gasteiger partial charge >= 0.3 is 5.97 Å². The summed E-state index contributed by atoms with van der Waals surface area (Å²) in [5.41, 5.74) is 3.49. The lowest BCUT2D eigenvalue weighted by molar-refractivity contribution is -0.119. The number of hydrogen-bond acceptors (Lipinski definition) is 6. The molecule has 0 aliphatic carbocycles. The van der Waals surface area contributed by atoms with Crippen molar-refractivity contribution in [2.45, 2.75) is 4.90 Å². The van der Waals surface area contributed by atoms with Gasteiger partial charge in [-0.15, -0.1) is 0 Å². The number of anilines is 1. The number of ether oxygens (including phenoxy) is 1. The van der Waals surface area contributed by atoms with Crippen molar-refractivity contribution < 1.29 is 22.7 Å². The second-order valence-electron chi connectivity index (χ2n) is 6.85. The van der Waals surface area contributed by atoms with Crippen LogP contribution in [-0.2, 0) is 19.6 Å². The quantitative estimate of drug-likeness (QED) is 0.273. The number of carbonyl (C=O) groups is 2. The number of carbonyl (C=O) groups excluding carboxylic acids is 2.